The van der Waals surface area contributed by atoms with Crippen LogP contribution in [0.15, 0.2) is 12.2 Å². The van der Waals surface area contributed by atoms with E-state index in [9.17, 15) is 19.2 Å². The van der Waals surface area contributed by atoms with Crippen LogP contribution in [0.4, 0.5) is 0 Å². The van der Waals surface area contributed by atoms with Gasteiger partial charge in [-0.1, -0.05) is 6.92 Å². The molecule has 7 nitrogen and oxygen atoms in total. The Kier molecular flexibility index (Phi) is 4.85. The number of hydroxylamine groups is 2. The Hall–Kier alpha value is -2.02. The first-order chi connectivity index (χ1) is 10.0. The Labute approximate surface area is 122 Å². The van der Waals surface area contributed by atoms with E-state index in [0.29, 0.717) is 19.3 Å². The Morgan fingerprint density at radius 3 is 2.19 bits per heavy atom. The molecule has 114 valence electrons. The molecule has 1 fully saturated rings. The number of hydrogen-bond donors (Lipinski definition) is 0. The molecule has 0 N–H and O–H groups in total. The maximum atomic E-state index is 11.6. The third-order valence-electron chi connectivity index (χ3n) is 3.59. The van der Waals surface area contributed by atoms with E-state index in [1.54, 1.807) is 0 Å². The first-order valence-corrected chi connectivity index (χ1v) is 7.08. The standard InChI is InChI=1S/C14H18N2O5/c1-2-10(15-11(17)5-6-12(15)18)4-3-9-21-16-13(19)7-8-14(16)20/h5-6,10H,2-4,7-9H2,1H3. The Bertz CT molecular complexity index is 466. The highest BCUT2D eigenvalue weighted by atomic mass is 16.7. The van der Waals surface area contributed by atoms with Gasteiger partial charge in [0.05, 0.1) is 6.61 Å². The van der Waals surface area contributed by atoms with Crippen LogP contribution < -0.4 is 0 Å². The van der Waals surface area contributed by atoms with Crippen molar-refractivity contribution in [3.05, 3.63) is 12.2 Å². The van der Waals surface area contributed by atoms with Crippen molar-refractivity contribution in [2.24, 2.45) is 0 Å². The van der Waals surface area contributed by atoms with Crippen LogP contribution in [0.3, 0.4) is 0 Å². The van der Waals surface area contributed by atoms with E-state index >= 15 is 0 Å². The lowest BCUT2D eigenvalue weighted by Gasteiger charge is -2.25. The number of nitrogens with zero attached hydrogens (tertiary/aromatic N) is 2. The fraction of sp³-hybridized carbons (Fsp3) is 0.571. The number of carbonyl (C=O) groups excluding carboxylic acids is 4. The summed E-state index contributed by atoms with van der Waals surface area (Å²) in [4.78, 5) is 52.3. The zero-order valence-electron chi connectivity index (χ0n) is 11.9. The van der Waals surface area contributed by atoms with Crippen LogP contribution in [-0.4, -0.2) is 46.2 Å². The molecule has 0 radical (unpaired) electrons. The minimum atomic E-state index is -0.318. The number of rotatable bonds is 7. The lowest BCUT2D eigenvalue weighted by atomic mass is 10.1. The van der Waals surface area contributed by atoms with Gasteiger partial charge in [0.25, 0.3) is 23.6 Å². The van der Waals surface area contributed by atoms with Crippen molar-refractivity contribution < 1.29 is 24.0 Å². The smallest absolute Gasteiger partial charge is 0.253 e. The van der Waals surface area contributed by atoms with E-state index < -0.39 is 0 Å². The number of hydrogen-bond acceptors (Lipinski definition) is 5. The second-order valence-corrected chi connectivity index (χ2v) is 5.00. The lowest BCUT2D eigenvalue weighted by Crippen LogP contribution is -2.40. The van der Waals surface area contributed by atoms with Crippen LogP contribution in [0.5, 0.6) is 0 Å². The maximum Gasteiger partial charge on any atom is 0.253 e. The van der Waals surface area contributed by atoms with Crippen molar-refractivity contribution in [2.75, 3.05) is 6.61 Å². The van der Waals surface area contributed by atoms with E-state index in [1.807, 2.05) is 6.92 Å². The predicted octanol–water partition coefficient (Wildman–Crippen LogP) is 0.551. The third kappa shape index (κ3) is 3.36. The molecule has 2 heterocycles. The normalized spacial score (nSPS) is 20.0. The molecular weight excluding hydrogens is 276 g/mol. The minimum Gasteiger partial charge on any atom is -0.272 e. The van der Waals surface area contributed by atoms with Crippen LogP contribution in [-0.2, 0) is 24.0 Å². The van der Waals surface area contributed by atoms with Crippen molar-refractivity contribution in [1.29, 1.82) is 0 Å². The number of carbonyl (C=O) groups is 4. The molecule has 2 aliphatic rings. The highest BCUT2D eigenvalue weighted by Crippen LogP contribution is 2.17. The summed E-state index contributed by atoms with van der Waals surface area (Å²) in [6, 6.07) is -0.186. The van der Waals surface area contributed by atoms with Gasteiger partial charge in [0.1, 0.15) is 0 Å². The summed E-state index contributed by atoms with van der Waals surface area (Å²) < 4.78 is 0. The summed E-state index contributed by atoms with van der Waals surface area (Å²) in [5.41, 5.74) is 0. The highest BCUT2D eigenvalue weighted by molar-refractivity contribution is 6.13. The van der Waals surface area contributed by atoms with Gasteiger partial charge < -0.3 is 0 Å². The molecule has 2 rings (SSSR count). The van der Waals surface area contributed by atoms with E-state index in [1.165, 1.54) is 17.1 Å². The van der Waals surface area contributed by atoms with Gasteiger partial charge in [0.2, 0.25) is 0 Å². The zero-order chi connectivity index (χ0) is 15.4. The molecule has 0 bridgehead atoms. The molecule has 0 aromatic heterocycles. The van der Waals surface area contributed by atoms with Gasteiger partial charge in [-0.3, -0.25) is 28.9 Å². The fourth-order valence-corrected chi connectivity index (χ4v) is 2.46. The second kappa shape index (κ2) is 6.62. The molecule has 0 saturated carbocycles. The van der Waals surface area contributed by atoms with E-state index in [0.717, 1.165) is 5.06 Å². The summed E-state index contributed by atoms with van der Waals surface area (Å²) in [6.07, 6.45) is 4.70. The van der Waals surface area contributed by atoms with Crippen LogP contribution in [0, 0.1) is 0 Å². The molecular formula is C14H18N2O5. The first kappa shape index (κ1) is 15.4. The van der Waals surface area contributed by atoms with Crippen LogP contribution >= 0.6 is 0 Å². The summed E-state index contributed by atoms with van der Waals surface area (Å²) in [6.45, 7) is 2.11. The van der Waals surface area contributed by atoms with Gasteiger partial charge >= 0.3 is 0 Å². The lowest BCUT2D eigenvalue weighted by molar-refractivity contribution is -0.187. The predicted molar refractivity (Wildman–Crippen MR) is 71.3 cm³/mol. The van der Waals surface area contributed by atoms with Crippen LogP contribution in [0.2, 0.25) is 0 Å². The largest absolute Gasteiger partial charge is 0.272 e. The third-order valence-corrected chi connectivity index (χ3v) is 3.59. The fourth-order valence-electron chi connectivity index (χ4n) is 2.46. The molecule has 2 aliphatic heterocycles. The van der Waals surface area contributed by atoms with Crippen LogP contribution in [0.25, 0.3) is 0 Å². The average Bonchev–Trinajstić information content (AvgIpc) is 2.95. The molecule has 7 heteroatoms. The minimum absolute atomic E-state index is 0.186. The quantitative estimate of drug-likeness (QED) is 0.506. The Balaban J connectivity index is 1.76. The zero-order valence-corrected chi connectivity index (χ0v) is 11.9. The van der Waals surface area contributed by atoms with Gasteiger partial charge in [-0.25, -0.2) is 0 Å². The van der Waals surface area contributed by atoms with Crippen LogP contribution in [0.1, 0.15) is 39.0 Å². The molecule has 1 saturated heterocycles. The van der Waals surface area contributed by atoms with Crippen molar-refractivity contribution in [3.8, 4) is 0 Å². The molecule has 1 atom stereocenters. The van der Waals surface area contributed by atoms with Gasteiger partial charge in [0, 0.05) is 31.0 Å². The second-order valence-electron chi connectivity index (χ2n) is 5.00. The van der Waals surface area contributed by atoms with Crippen molar-refractivity contribution >= 4 is 23.6 Å². The topological polar surface area (TPSA) is 84.0 Å². The van der Waals surface area contributed by atoms with Gasteiger partial charge in [-0.05, 0) is 19.3 Å². The van der Waals surface area contributed by atoms with E-state index in [-0.39, 0.29) is 49.1 Å². The molecule has 0 aliphatic carbocycles. The summed E-state index contributed by atoms with van der Waals surface area (Å²) in [5, 5.41) is 0.814. The molecule has 0 aromatic carbocycles. The molecule has 4 amide bonds. The van der Waals surface area contributed by atoms with Crippen molar-refractivity contribution in [1.82, 2.24) is 9.96 Å². The SMILES string of the molecule is CCC(CCCON1C(=O)CCC1=O)N1C(=O)C=CC1=O. The molecule has 0 spiro atoms. The average molecular weight is 294 g/mol. The van der Waals surface area contributed by atoms with Gasteiger partial charge in [-0.15, -0.1) is 0 Å². The highest BCUT2D eigenvalue weighted by Gasteiger charge is 2.31. The monoisotopic (exact) mass is 294 g/mol. The van der Waals surface area contributed by atoms with Crippen molar-refractivity contribution in [2.45, 2.75) is 45.1 Å². The molecule has 0 aromatic rings. The van der Waals surface area contributed by atoms with E-state index in [4.69, 9.17) is 4.84 Å². The molecule has 21 heavy (non-hydrogen) atoms. The maximum absolute atomic E-state index is 11.6. The number of imide groups is 2. The summed E-state index contributed by atoms with van der Waals surface area (Å²) in [7, 11) is 0. The van der Waals surface area contributed by atoms with Crippen molar-refractivity contribution in [3.63, 3.8) is 0 Å². The summed E-state index contributed by atoms with van der Waals surface area (Å²) in [5.74, 6) is -1.22. The first-order valence-electron chi connectivity index (χ1n) is 7.08. The van der Waals surface area contributed by atoms with Gasteiger partial charge in [-0.2, -0.15) is 5.06 Å². The molecule has 1 unspecified atom stereocenters. The van der Waals surface area contributed by atoms with E-state index in [2.05, 4.69) is 0 Å². The van der Waals surface area contributed by atoms with Gasteiger partial charge in [0.15, 0.2) is 0 Å². The summed E-state index contributed by atoms with van der Waals surface area (Å²) >= 11 is 0. The number of amides is 4. The Morgan fingerprint density at radius 2 is 1.67 bits per heavy atom. The Morgan fingerprint density at radius 1 is 1.10 bits per heavy atom.